The molecule has 2 unspecified atom stereocenters. The van der Waals surface area contributed by atoms with Crippen molar-refractivity contribution >= 4 is 46.7 Å². The van der Waals surface area contributed by atoms with Gasteiger partial charge < -0.3 is 25.0 Å². The van der Waals surface area contributed by atoms with Crippen molar-refractivity contribution in [1.82, 2.24) is 30.6 Å². The van der Waals surface area contributed by atoms with Crippen molar-refractivity contribution in [2.45, 2.75) is 75.8 Å². The fraction of sp³-hybridized carbons (Fsp3) is 0.488. The monoisotopic (exact) mass is 813 g/mol. The number of imide groups is 1. The molecule has 3 N–H and O–H groups in total. The minimum absolute atomic E-state index is 0.00766. The van der Waals surface area contributed by atoms with Crippen LogP contribution in [-0.4, -0.2) is 113 Å². The predicted octanol–water partition coefficient (Wildman–Crippen LogP) is 3.55. The van der Waals surface area contributed by atoms with Crippen molar-refractivity contribution in [2.24, 2.45) is 5.92 Å². The second-order valence-electron chi connectivity index (χ2n) is 15.8. The van der Waals surface area contributed by atoms with Gasteiger partial charge in [-0.05, 0) is 87.3 Å². The van der Waals surface area contributed by atoms with Crippen molar-refractivity contribution in [3.8, 4) is 11.8 Å². The average molecular weight is 814 g/mol. The number of aliphatic hydroxyl groups excluding tert-OH is 1. The summed E-state index contributed by atoms with van der Waals surface area (Å²) in [6.45, 7) is 5.19. The topological polar surface area (TPSA) is 184 Å². The molecule has 1 saturated carbocycles. The Morgan fingerprint density at radius 2 is 1.71 bits per heavy atom. The van der Waals surface area contributed by atoms with Crippen LogP contribution in [0.5, 0.6) is 5.75 Å². The first-order chi connectivity index (χ1) is 28.0. The Bertz CT molecular complexity index is 2110. The van der Waals surface area contributed by atoms with Gasteiger partial charge in [0, 0.05) is 69.9 Å². The molecule has 17 heteroatoms. The number of benzene rings is 2. The molecule has 5 aliphatic rings. The fourth-order valence-electron chi connectivity index (χ4n) is 8.81. The Hall–Kier alpha value is -5.37. The zero-order valence-corrected chi connectivity index (χ0v) is 32.7. The number of piperidine rings is 2. The van der Waals surface area contributed by atoms with Crippen molar-refractivity contribution in [3.63, 3.8) is 0 Å². The predicted molar refractivity (Wildman–Crippen MR) is 210 cm³/mol. The summed E-state index contributed by atoms with van der Waals surface area (Å²) in [7, 11) is 0. The number of carbonyl (C=O) groups excluding carboxylic acids is 4. The molecule has 3 saturated heterocycles. The number of nitrogens with one attached hydrogen (secondary N) is 2. The van der Waals surface area contributed by atoms with Crippen LogP contribution in [0, 0.1) is 23.1 Å². The number of hydrogen-bond donors (Lipinski definition) is 3. The number of rotatable bonds is 9. The van der Waals surface area contributed by atoms with E-state index >= 15 is 4.39 Å². The lowest BCUT2D eigenvalue weighted by atomic mass is 9.93. The van der Waals surface area contributed by atoms with E-state index in [2.05, 4.69) is 30.6 Å². The maximum atomic E-state index is 15.4. The molecule has 1 aromatic heterocycles. The number of aliphatic hydroxyl groups is 1. The highest BCUT2D eigenvalue weighted by Gasteiger charge is 2.45. The van der Waals surface area contributed by atoms with Gasteiger partial charge in [0.1, 0.15) is 23.7 Å². The van der Waals surface area contributed by atoms with Gasteiger partial charge >= 0.3 is 0 Å². The summed E-state index contributed by atoms with van der Waals surface area (Å²) < 4.78 is 21.5. The summed E-state index contributed by atoms with van der Waals surface area (Å²) in [4.78, 5) is 57.8. The van der Waals surface area contributed by atoms with Gasteiger partial charge in [0.2, 0.25) is 11.8 Å². The van der Waals surface area contributed by atoms with Crippen molar-refractivity contribution < 1.29 is 33.4 Å². The quantitative estimate of drug-likeness (QED) is 0.268. The van der Waals surface area contributed by atoms with Crippen LogP contribution in [0.4, 0.5) is 15.9 Å². The van der Waals surface area contributed by atoms with Crippen LogP contribution in [0.3, 0.4) is 0 Å². The van der Waals surface area contributed by atoms with Crippen LogP contribution in [0.2, 0.25) is 5.02 Å². The molecule has 0 radical (unpaired) electrons. The molecule has 4 aliphatic heterocycles. The van der Waals surface area contributed by atoms with E-state index < -0.39 is 35.8 Å². The van der Waals surface area contributed by atoms with E-state index in [1.165, 1.54) is 6.07 Å². The average Bonchev–Trinajstić information content (AvgIpc) is 3.46. The number of anilines is 2. The van der Waals surface area contributed by atoms with Gasteiger partial charge in [-0.15, -0.1) is 10.2 Å². The maximum absolute atomic E-state index is 15.4. The second kappa shape index (κ2) is 16.8. The fourth-order valence-corrected chi connectivity index (χ4v) is 9.02. The van der Waals surface area contributed by atoms with Crippen LogP contribution in [-0.2, 0) is 9.59 Å². The first-order valence-electron chi connectivity index (χ1n) is 20.0. The molecule has 8 rings (SSSR count). The minimum atomic E-state index is -1.41. The zero-order chi connectivity index (χ0) is 40.5. The third-order valence-corrected chi connectivity index (χ3v) is 12.4. The van der Waals surface area contributed by atoms with Gasteiger partial charge in [-0.25, -0.2) is 4.39 Å². The van der Waals surface area contributed by atoms with E-state index in [1.54, 1.807) is 24.3 Å². The van der Waals surface area contributed by atoms with Gasteiger partial charge in [-0.3, -0.25) is 34.3 Å². The Balaban J connectivity index is 0.763. The van der Waals surface area contributed by atoms with E-state index in [0.29, 0.717) is 41.0 Å². The smallest absolute Gasteiger partial charge is 0.272 e. The summed E-state index contributed by atoms with van der Waals surface area (Å²) in [5.41, 5.74) is 1.29. The number of carbonyl (C=O) groups is 4. The van der Waals surface area contributed by atoms with Crippen molar-refractivity contribution in [3.05, 3.63) is 75.7 Å². The summed E-state index contributed by atoms with van der Waals surface area (Å²) in [6, 6.07) is 12.4. The highest BCUT2D eigenvalue weighted by molar-refractivity contribution is 6.31. The first kappa shape index (κ1) is 39.5. The SMILES string of the molecule is N#Cc1ccc(O[C@H]2CC[C@H](NC(=O)c3ccc(N4CCC(CN5CCN(c6cc7c(cc6F)C(=O)N(C6CCC(=O)NC6=O)C7O)CC5)CC4)nn3)CC2)cc1Cl. The van der Waals surface area contributed by atoms with E-state index in [1.807, 2.05) is 17.0 Å². The largest absolute Gasteiger partial charge is 0.490 e. The minimum Gasteiger partial charge on any atom is -0.490 e. The number of aromatic nitrogens is 2. The number of hydrogen-bond acceptors (Lipinski definition) is 12. The van der Waals surface area contributed by atoms with E-state index in [0.717, 1.165) is 88.0 Å². The second-order valence-corrected chi connectivity index (χ2v) is 16.2. The number of halogens is 2. The third-order valence-electron chi connectivity index (χ3n) is 12.1. The lowest BCUT2D eigenvalue weighted by molar-refractivity contribution is -0.139. The van der Waals surface area contributed by atoms with Crippen LogP contribution in [0.1, 0.15) is 89.6 Å². The Morgan fingerprint density at radius 1 is 0.948 bits per heavy atom. The Kier molecular flexibility index (Phi) is 11.5. The summed E-state index contributed by atoms with van der Waals surface area (Å²) in [5.74, 6) is -0.640. The van der Waals surface area contributed by atoms with Crippen LogP contribution in [0.15, 0.2) is 42.5 Å². The number of piperazine rings is 1. The maximum Gasteiger partial charge on any atom is 0.272 e. The lowest BCUT2D eigenvalue weighted by Gasteiger charge is -2.40. The molecule has 304 valence electrons. The van der Waals surface area contributed by atoms with Gasteiger partial charge in [0.15, 0.2) is 17.7 Å². The molecule has 1 aliphatic carbocycles. The number of fused-ring (bicyclic) bond motifs is 1. The molecular weight excluding hydrogens is 769 g/mol. The molecule has 0 spiro atoms. The highest BCUT2D eigenvalue weighted by atomic mass is 35.5. The van der Waals surface area contributed by atoms with E-state index in [9.17, 15) is 24.3 Å². The zero-order valence-electron chi connectivity index (χ0n) is 31.9. The van der Waals surface area contributed by atoms with Gasteiger partial charge in [-0.1, -0.05) is 11.6 Å². The third kappa shape index (κ3) is 8.29. The normalized spacial score (nSPS) is 24.3. The molecule has 2 atom stereocenters. The highest BCUT2D eigenvalue weighted by Crippen LogP contribution is 2.39. The first-order valence-corrected chi connectivity index (χ1v) is 20.3. The summed E-state index contributed by atoms with van der Waals surface area (Å²) in [6.07, 6.45) is 3.80. The van der Waals surface area contributed by atoms with E-state index in [-0.39, 0.29) is 47.7 Å². The Morgan fingerprint density at radius 3 is 2.38 bits per heavy atom. The summed E-state index contributed by atoms with van der Waals surface area (Å²) in [5, 5.41) is 34.5. The molecule has 4 amide bonds. The standard InChI is InChI=1S/C41H45ClFN9O6/c42-31-19-28(4-1-25(31)22-44)58-27-5-2-26(3-6-27)45-38(54)33-7-9-36(48-47-33)51-13-11-24(12-14-51)23-49-15-17-50(18-16-49)35-21-30-29(20-32(35)43)40(56)52(41(30)57)34-8-10-37(53)46-39(34)55/h1,4,7,9,19-21,24,26-27,34,41,57H,2-3,5-6,8,10-18,23H2,(H,45,54)(H,46,53,55)/t26-,27-,34?,41?. The lowest BCUT2D eigenvalue weighted by Crippen LogP contribution is -2.53. The van der Waals surface area contributed by atoms with Crippen LogP contribution < -0.4 is 25.2 Å². The van der Waals surface area contributed by atoms with Gasteiger partial charge in [-0.2, -0.15) is 5.26 Å². The molecule has 58 heavy (non-hydrogen) atoms. The van der Waals surface area contributed by atoms with Crippen molar-refractivity contribution in [1.29, 1.82) is 5.26 Å². The molecule has 0 bridgehead atoms. The number of nitrogens with zero attached hydrogens (tertiary/aromatic N) is 7. The van der Waals surface area contributed by atoms with Crippen LogP contribution in [0.25, 0.3) is 0 Å². The van der Waals surface area contributed by atoms with Crippen molar-refractivity contribution in [2.75, 3.05) is 55.6 Å². The van der Waals surface area contributed by atoms with Gasteiger partial charge in [0.05, 0.1) is 27.9 Å². The molecular formula is C41H45ClFN9O6. The number of amides is 4. The molecule has 3 aromatic rings. The molecule has 5 heterocycles. The molecule has 4 fully saturated rings. The van der Waals surface area contributed by atoms with Gasteiger partial charge in [0.25, 0.3) is 11.8 Å². The molecule has 2 aromatic carbocycles. The molecule has 15 nitrogen and oxygen atoms in total. The van der Waals surface area contributed by atoms with Crippen LogP contribution >= 0.6 is 11.6 Å². The number of ether oxygens (including phenoxy) is 1. The number of nitriles is 1. The summed E-state index contributed by atoms with van der Waals surface area (Å²) >= 11 is 6.14. The van der Waals surface area contributed by atoms with E-state index in [4.69, 9.17) is 21.6 Å². The Labute approximate surface area is 340 Å².